The Morgan fingerprint density at radius 1 is 1.53 bits per heavy atom. The van der Waals surface area contributed by atoms with Gasteiger partial charge in [0.25, 0.3) is 0 Å². The molecule has 0 saturated carbocycles. The molecule has 0 unspecified atom stereocenters. The monoisotopic (exact) mass is 281 g/mol. The van der Waals surface area contributed by atoms with Crippen LogP contribution in [0.1, 0.15) is 23.0 Å². The molecule has 0 atom stereocenters. The molecule has 0 amide bonds. The molecule has 2 aromatic rings. The van der Waals surface area contributed by atoms with Crippen LogP contribution in [0.25, 0.3) is 5.82 Å². The maximum Gasteiger partial charge on any atom is 0.341 e. The molecule has 0 radical (unpaired) electrons. The van der Waals surface area contributed by atoms with Gasteiger partial charge in [0.1, 0.15) is 10.7 Å². The van der Waals surface area contributed by atoms with Crippen molar-refractivity contribution in [2.45, 2.75) is 13.8 Å². The molecule has 100 valence electrons. The van der Waals surface area contributed by atoms with Gasteiger partial charge in [0, 0.05) is 6.07 Å². The summed E-state index contributed by atoms with van der Waals surface area (Å²) in [7, 11) is 0. The quantitative estimate of drug-likeness (QED) is 0.674. The Kier molecular flexibility index (Phi) is 3.66. The number of hydrogen-bond acceptors (Lipinski definition) is 6. The van der Waals surface area contributed by atoms with Crippen molar-refractivity contribution < 1.29 is 9.53 Å². The second-order valence-electron chi connectivity index (χ2n) is 3.68. The average Bonchev–Trinajstić information content (AvgIpc) is 2.70. The molecule has 2 aromatic heterocycles. The molecule has 0 spiro atoms. The number of nitrogens with zero attached hydrogens (tertiary/aromatic N) is 4. The van der Waals surface area contributed by atoms with Gasteiger partial charge in [-0.25, -0.2) is 14.5 Å². The van der Waals surface area contributed by atoms with E-state index in [1.807, 2.05) is 0 Å². The molecule has 19 heavy (non-hydrogen) atoms. The van der Waals surface area contributed by atoms with Crippen molar-refractivity contribution in [2.24, 2.45) is 0 Å². The van der Waals surface area contributed by atoms with E-state index in [0.29, 0.717) is 23.7 Å². The van der Waals surface area contributed by atoms with Gasteiger partial charge in [0.15, 0.2) is 5.82 Å². The Morgan fingerprint density at radius 2 is 2.26 bits per heavy atom. The minimum Gasteiger partial charge on any atom is -0.462 e. The van der Waals surface area contributed by atoms with Gasteiger partial charge in [0.2, 0.25) is 5.95 Å². The molecule has 2 N–H and O–H groups in total. The van der Waals surface area contributed by atoms with Crippen molar-refractivity contribution in [3.05, 3.63) is 28.7 Å². The van der Waals surface area contributed by atoms with Gasteiger partial charge >= 0.3 is 5.97 Å². The van der Waals surface area contributed by atoms with Crippen LogP contribution in [-0.2, 0) is 4.74 Å². The van der Waals surface area contributed by atoms with Crippen molar-refractivity contribution in [1.82, 2.24) is 19.7 Å². The first-order valence-corrected chi connectivity index (χ1v) is 5.93. The molecule has 7 nitrogen and oxygen atoms in total. The second kappa shape index (κ2) is 5.23. The van der Waals surface area contributed by atoms with Crippen molar-refractivity contribution in [3.63, 3.8) is 0 Å². The third-order valence-corrected chi connectivity index (χ3v) is 2.61. The van der Waals surface area contributed by atoms with E-state index in [0.717, 1.165) is 0 Å². The lowest BCUT2D eigenvalue weighted by atomic mass is 10.2. The maximum atomic E-state index is 11.7. The second-order valence-corrected chi connectivity index (χ2v) is 4.07. The summed E-state index contributed by atoms with van der Waals surface area (Å²) in [6.45, 7) is 3.77. The lowest BCUT2D eigenvalue weighted by molar-refractivity contribution is 0.0525. The van der Waals surface area contributed by atoms with Gasteiger partial charge in [-0.05, 0) is 13.8 Å². The van der Waals surface area contributed by atoms with Crippen LogP contribution in [0.3, 0.4) is 0 Å². The molecule has 0 aliphatic carbocycles. The van der Waals surface area contributed by atoms with Crippen LogP contribution in [-0.4, -0.2) is 32.3 Å². The summed E-state index contributed by atoms with van der Waals surface area (Å²) in [5.41, 5.74) is 6.48. The molecular weight excluding hydrogens is 270 g/mol. The first-order valence-electron chi connectivity index (χ1n) is 5.55. The summed E-state index contributed by atoms with van der Waals surface area (Å²) in [5.74, 6) is 0.00000758. The number of carbonyl (C=O) groups is 1. The largest absolute Gasteiger partial charge is 0.462 e. The zero-order valence-corrected chi connectivity index (χ0v) is 11.2. The van der Waals surface area contributed by atoms with Crippen molar-refractivity contribution in [3.8, 4) is 5.82 Å². The fourth-order valence-electron chi connectivity index (χ4n) is 1.58. The standard InChI is InChI=1S/C11H12ClN5O2/c1-3-19-10(18)7-5-14-17(6(7)2)9-4-8(12)15-11(13)16-9/h4-5H,3H2,1-2H3,(H2,13,15,16). The lowest BCUT2D eigenvalue weighted by Crippen LogP contribution is -2.08. The van der Waals surface area contributed by atoms with Gasteiger partial charge in [-0.3, -0.25) is 0 Å². The van der Waals surface area contributed by atoms with E-state index in [1.165, 1.54) is 16.9 Å². The number of halogens is 1. The third kappa shape index (κ3) is 2.65. The summed E-state index contributed by atoms with van der Waals surface area (Å²) in [4.78, 5) is 19.5. The van der Waals surface area contributed by atoms with Gasteiger partial charge in [-0.2, -0.15) is 10.1 Å². The summed E-state index contributed by atoms with van der Waals surface area (Å²) in [6, 6.07) is 1.51. The van der Waals surface area contributed by atoms with Gasteiger partial charge in [-0.15, -0.1) is 0 Å². The van der Waals surface area contributed by atoms with Crippen LogP contribution < -0.4 is 5.73 Å². The number of esters is 1. The topological polar surface area (TPSA) is 95.9 Å². The number of carbonyl (C=O) groups excluding carboxylic acids is 1. The molecule has 0 saturated heterocycles. The highest BCUT2D eigenvalue weighted by Gasteiger charge is 2.17. The lowest BCUT2D eigenvalue weighted by Gasteiger charge is -2.05. The Morgan fingerprint density at radius 3 is 2.89 bits per heavy atom. The molecule has 8 heteroatoms. The van der Waals surface area contributed by atoms with Gasteiger partial charge < -0.3 is 10.5 Å². The third-order valence-electron chi connectivity index (χ3n) is 2.42. The Hall–Kier alpha value is -2.15. The highest BCUT2D eigenvalue weighted by atomic mass is 35.5. The average molecular weight is 282 g/mol. The highest BCUT2D eigenvalue weighted by molar-refractivity contribution is 6.29. The first kappa shape index (κ1) is 13.3. The summed E-state index contributed by atoms with van der Waals surface area (Å²) in [6.07, 6.45) is 1.42. The van der Waals surface area contributed by atoms with E-state index in [4.69, 9.17) is 22.1 Å². The van der Waals surface area contributed by atoms with Crippen molar-refractivity contribution in [2.75, 3.05) is 12.3 Å². The number of ether oxygens (including phenoxy) is 1. The van der Waals surface area contributed by atoms with Crippen LogP contribution in [0.15, 0.2) is 12.3 Å². The van der Waals surface area contributed by atoms with Crippen LogP contribution in [0.2, 0.25) is 5.15 Å². The molecule has 0 aliphatic heterocycles. The first-order chi connectivity index (χ1) is 9.02. The molecule has 0 fully saturated rings. The Balaban J connectivity index is 2.44. The van der Waals surface area contributed by atoms with Crippen LogP contribution in [0, 0.1) is 6.92 Å². The van der Waals surface area contributed by atoms with Crippen LogP contribution in [0.5, 0.6) is 0 Å². The molecule has 0 bridgehead atoms. The van der Waals surface area contributed by atoms with E-state index in [1.54, 1.807) is 13.8 Å². The molecule has 2 heterocycles. The predicted molar refractivity (Wildman–Crippen MR) is 69.3 cm³/mol. The summed E-state index contributed by atoms with van der Waals surface area (Å²) >= 11 is 5.81. The number of anilines is 1. The van der Waals surface area contributed by atoms with Crippen LogP contribution >= 0.6 is 11.6 Å². The van der Waals surface area contributed by atoms with Gasteiger partial charge in [0.05, 0.1) is 18.5 Å². The highest BCUT2D eigenvalue weighted by Crippen LogP contribution is 2.16. The van der Waals surface area contributed by atoms with E-state index in [9.17, 15) is 4.79 Å². The van der Waals surface area contributed by atoms with Gasteiger partial charge in [-0.1, -0.05) is 11.6 Å². The molecule has 2 rings (SSSR count). The van der Waals surface area contributed by atoms with Crippen LogP contribution in [0.4, 0.5) is 5.95 Å². The number of nitrogens with two attached hydrogens (primary N) is 1. The Bertz CT molecular complexity index is 605. The zero-order chi connectivity index (χ0) is 14.0. The fraction of sp³-hybridized carbons (Fsp3) is 0.273. The number of rotatable bonds is 3. The van der Waals surface area contributed by atoms with Crippen molar-refractivity contribution in [1.29, 1.82) is 0 Å². The van der Waals surface area contributed by atoms with E-state index in [-0.39, 0.29) is 11.1 Å². The van der Waals surface area contributed by atoms with E-state index >= 15 is 0 Å². The number of aromatic nitrogens is 4. The normalized spacial score (nSPS) is 10.5. The van der Waals surface area contributed by atoms with E-state index < -0.39 is 5.97 Å². The minimum atomic E-state index is -0.431. The number of hydrogen-bond donors (Lipinski definition) is 1. The molecule has 0 aromatic carbocycles. The maximum absolute atomic E-state index is 11.7. The summed E-state index contributed by atoms with van der Waals surface area (Å²) < 4.78 is 6.38. The smallest absolute Gasteiger partial charge is 0.341 e. The molecular formula is C11H12ClN5O2. The zero-order valence-electron chi connectivity index (χ0n) is 10.4. The predicted octanol–water partition coefficient (Wildman–Crippen LogP) is 1.38. The Labute approximate surface area is 114 Å². The minimum absolute atomic E-state index is 0.0371. The number of nitrogen functional groups attached to an aromatic ring is 1. The van der Waals surface area contributed by atoms with E-state index in [2.05, 4.69) is 15.1 Å². The fourth-order valence-corrected chi connectivity index (χ4v) is 1.77. The summed E-state index contributed by atoms with van der Waals surface area (Å²) in [5, 5.41) is 4.29. The molecule has 0 aliphatic rings. The SMILES string of the molecule is CCOC(=O)c1cnn(-c2cc(Cl)nc(N)n2)c1C. The van der Waals surface area contributed by atoms with Crippen molar-refractivity contribution >= 4 is 23.5 Å².